The highest BCUT2D eigenvalue weighted by Gasteiger charge is 2.18. The molecule has 2 aromatic carbocycles. The van der Waals surface area contributed by atoms with E-state index in [2.05, 4.69) is 0 Å². The standard InChI is InChI=1S/C15H12N2O3S/c1-11-2-8-14(9-3-11)21(19,20)17-15(18)13-6-4-12(10-16)5-7-13/h2-9H,1H3,(H,17,18). The van der Waals surface area contributed by atoms with Gasteiger partial charge >= 0.3 is 0 Å². The van der Waals surface area contributed by atoms with Crippen molar-refractivity contribution in [2.24, 2.45) is 0 Å². The molecule has 0 unspecified atom stereocenters. The van der Waals surface area contributed by atoms with Crippen LogP contribution in [-0.4, -0.2) is 14.3 Å². The maximum atomic E-state index is 12.1. The minimum absolute atomic E-state index is 0.0232. The lowest BCUT2D eigenvalue weighted by Crippen LogP contribution is -2.30. The SMILES string of the molecule is Cc1ccc(S(=O)(=O)NC(=O)c2ccc(C#N)cc2)cc1. The highest BCUT2D eigenvalue weighted by atomic mass is 32.2. The number of benzene rings is 2. The van der Waals surface area contributed by atoms with E-state index in [0.717, 1.165) is 5.56 Å². The van der Waals surface area contributed by atoms with E-state index in [0.29, 0.717) is 5.56 Å². The van der Waals surface area contributed by atoms with Crippen LogP contribution in [-0.2, 0) is 10.0 Å². The van der Waals surface area contributed by atoms with Gasteiger partial charge in [-0.2, -0.15) is 5.26 Å². The molecule has 0 bridgehead atoms. The third kappa shape index (κ3) is 3.46. The smallest absolute Gasteiger partial charge is 0.264 e. The van der Waals surface area contributed by atoms with E-state index < -0.39 is 15.9 Å². The molecule has 0 aliphatic carbocycles. The predicted molar refractivity (Wildman–Crippen MR) is 77.0 cm³/mol. The van der Waals surface area contributed by atoms with Gasteiger partial charge in [0.1, 0.15) is 0 Å². The Morgan fingerprint density at radius 2 is 1.62 bits per heavy atom. The summed E-state index contributed by atoms with van der Waals surface area (Å²) in [5, 5.41) is 8.68. The predicted octanol–water partition coefficient (Wildman–Crippen LogP) is 1.99. The topological polar surface area (TPSA) is 87.0 Å². The summed E-state index contributed by atoms with van der Waals surface area (Å²) in [6.45, 7) is 1.84. The minimum Gasteiger partial charge on any atom is -0.268 e. The van der Waals surface area contributed by atoms with Crippen molar-refractivity contribution in [1.29, 1.82) is 5.26 Å². The molecule has 0 atom stereocenters. The van der Waals surface area contributed by atoms with Crippen molar-refractivity contribution in [3.8, 4) is 6.07 Å². The van der Waals surface area contributed by atoms with E-state index >= 15 is 0 Å². The van der Waals surface area contributed by atoms with Crippen LogP contribution in [0.2, 0.25) is 0 Å². The molecule has 5 nitrogen and oxygen atoms in total. The summed E-state index contributed by atoms with van der Waals surface area (Å²) in [5.41, 5.74) is 1.49. The number of hydrogen-bond donors (Lipinski definition) is 1. The summed E-state index contributed by atoms with van der Waals surface area (Å²) in [5.74, 6) is -0.736. The van der Waals surface area contributed by atoms with E-state index in [9.17, 15) is 13.2 Å². The lowest BCUT2D eigenvalue weighted by atomic mass is 10.1. The molecule has 1 N–H and O–H groups in total. The maximum Gasteiger partial charge on any atom is 0.264 e. The first-order valence-corrected chi connectivity index (χ1v) is 7.55. The largest absolute Gasteiger partial charge is 0.268 e. The molecule has 6 heteroatoms. The van der Waals surface area contributed by atoms with Crippen LogP contribution in [0.1, 0.15) is 21.5 Å². The summed E-state index contributed by atoms with van der Waals surface area (Å²) < 4.78 is 26.1. The van der Waals surface area contributed by atoms with Crippen LogP contribution in [0.4, 0.5) is 0 Å². The number of sulfonamides is 1. The molecule has 0 spiro atoms. The highest BCUT2D eigenvalue weighted by molar-refractivity contribution is 7.90. The van der Waals surface area contributed by atoms with Crippen LogP contribution in [0.3, 0.4) is 0 Å². The van der Waals surface area contributed by atoms with Crippen molar-refractivity contribution in [3.63, 3.8) is 0 Å². The van der Waals surface area contributed by atoms with Gasteiger partial charge < -0.3 is 0 Å². The van der Waals surface area contributed by atoms with Crippen LogP contribution in [0.5, 0.6) is 0 Å². The monoisotopic (exact) mass is 300 g/mol. The van der Waals surface area contributed by atoms with E-state index in [1.165, 1.54) is 36.4 Å². The highest BCUT2D eigenvalue weighted by Crippen LogP contribution is 2.11. The molecule has 1 amide bonds. The summed E-state index contributed by atoms with van der Waals surface area (Å²) >= 11 is 0. The Bertz CT molecular complexity index is 801. The fourth-order valence-electron chi connectivity index (χ4n) is 1.65. The van der Waals surface area contributed by atoms with Crippen molar-refractivity contribution < 1.29 is 13.2 Å². The Kier molecular flexibility index (Phi) is 4.05. The number of hydrogen-bond acceptors (Lipinski definition) is 4. The molecule has 0 radical (unpaired) electrons. The number of rotatable bonds is 3. The number of nitrogens with one attached hydrogen (secondary N) is 1. The number of carbonyl (C=O) groups is 1. The second kappa shape index (κ2) is 5.77. The average molecular weight is 300 g/mol. The molecule has 0 fully saturated rings. The molecule has 0 heterocycles. The molecule has 2 rings (SSSR count). The Morgan fingerprint density at radius 1 is 1.05 bits per heavy atom. The third-order valence-electron chi connectivity index (χ3n) is 2.83. The van der Waals surface area contributed by atoms with Gasteiger partial charge in [0.25, 0.3) is 15.9 Å². The molecule has 21 heavy (non-hydrogen) atoms. The molecule has 2 aromatic rings. The quantitative estimate of drug-likeness (QED) is 0.939. The first-order chi connectivity index (χ1) is 9.92. The van der Waals surface area contributed by atoms with Gasteiger partial charge in [-0.25, -0.2) is 13.1 Å². The van der Waals surface area contributed by atoms with Gasteiger partial charge in [-0.05, 0) is 43.3 Å². The normalized spacial score (nSPS) is 10.7. The number of nitriles is 1. The van der Waals surface area contributed by atoms with E-state index in [4.69, 9.17) is 5.26 Å². The summed E-state index contributed by atoms with van der Waals surface area (Å²) in [6.07, 6.45) is 0. The van der Waals surface area contributed by atoms with Gasteiger partial charge in [-0.3, -0.25) is 4.79 Å². The van der Waals surface area contributed by atoms with E-state index in [-0.39, 0.29) is 10.5 Å². The van der Waals surface area contributed by atoms with E-state index in [1.54, 1.807) is 12.1 Å². The van der Waals surface area contributed by atoms with Crippen LogP contribution >= 0.6 is 0 Å². The van der Waals surface area contributed by atoms with E-state index in [1.807, 2.05) is 17.7 Å². The first-order valence-electron chi connectivity index (χ1n) is 6.06. The molecular formula is C15H12N2O3S. The van der Waals surface area contributed by atoms with Crippen molar-refractivity contribution in [3.05, 3.63) is 65.2 Å². The zero-order valence-electron chi connectivity index (χ0n) is 11.2. The summed E-state index contributed by atoms with van der Waals surface area (Å²) in [4.78, 5) is 12.0. The van der Waals surface area contributed by atoms with Gasteiger partial charge in [0, 0.05) is 5.56 Å². The minimum atomic E-state index is -3.90. The number of nitrogens with zero attached hydrogens (tertiary/aromatic N) is 1. The summed E-state index contributed by atoms with van der Waals surface area (Å²) in [7, 11) is -3.90. The van der Waals surface area contributed by atoms with Gasteiger partial charge in [0.15, 0.2) is 0 Å². The lowest BCUT2D eigenvalue weighted by Gasteiger charge is -2.07. The van der Waals surface area contributed by atoms with Gasteiger partial charge in [-0.1, -0.05) is 17.7 Å². The molecule has 0 aliphatic heterocycles. The van der Waals surface area contributed by atoms with Crippen LogP contribution in [0.15, 0.2) is 53.4 Å². The van der Waals surface area contributed by atoms with Crippen molar-refractivity contribution in [2.75, 3.05) is 0 Å². The fraction of sp³-hybridized carbons (Fsp3) is 0.0667. The van der Waals surface area contributed by atoms with Crippen molar-refractivity contribution in [2.45, 2.75) is 11.8 Å². The Hall–Kier alpha value is -2.65. The maximum absolute atomic E-state index is 12.1. The fourth-order valence-corrected chi connectivity index (χ4v) is 2.63. The molecule has 0 saturated carbocycles. The van der Waals surface area contributed by atoms with Gasteiger partial charge in [0.2, 0.25) is 0 Å². The molecule has 0 saturated heterocycles. The van der Waals surface area contributed by atoms with Gasteiger partial charge in [0.05, 0.1) is 16.5 Å². The van der Waals surface area contributed by atoms with Crippen LogP contribution in [0.25, 0.3) is 0 Å². The second-order valence-corrected chi connectivity index (χ2v) is 6.12. The third-order valence-corrected chi connectivity index (χ3v) is 4.18. The number of carbonyl (C=O) groups excluding carboxylic acids is 1. The Morgan fingerprint density at radius 3 is 2.14 bits per heavy atom. The molecule has 0 aromatic heterocycles. The number of amides is 1. The van der Waals surface area contributed by atoms with Crippen LogP contribution in [0, 0.1) is 18.3 Å². The summed E-state index contributed by atoms with van der Waals surface area (Å²) in [6, 6.07) is 13.8. The van der Waals surface area contributed by atoms with Crippen molar-refractivity contribution >= 4 is 15.9 Å². The lowest BCUT2D eigenvalue weighted by molar-refractivity contribution is 0.0981. The Balaban J connectivity index is 2.21. The molecular weight excluding hydrogens is 288 g/mol. The Labute approximate surface area is 122 Å². The van der Waals surface area contributed by atoms with Crippen molar-refractivity contribution in [1.82, 2.24) is 4.72 Å². The second-order valence-electron chi connectivity index (χ2n) is 4.44. The average Bonchev–Trinajstić information content (AvgIpc) is 2.47. The number of aryl methyl sites for hydroxylation is 1. The van der Waals surface area contributed by atoms with Gasteiger partial charge in [-0.15, -0.1) is 0 Å². The molecule has 0 aliphatic rings. The first kappa shape index (κ1) is 14.8. The zero-order chi connectivity index (χ0) is 15.5. The zero-order valence-corrected chi connectivity index (χ0v) is 12.0. The molecule has 106 valence electrons. The van der Waals surface area contributed by atoms with Crippen LogP contribution < -0.4 is 4.72 Å².